The first-order valence-electron chi connectivity index (χ1n) is 8.30. The van der Waals surface area contributed by atoms with Gasteiger partial charge in [0.1, 0.15) is 0 Å². The fraction of sp³-hybridized carbons (Fsp3) is 0.706. The van der Waals surface area contributed by atoms with Crippen LogP contribution in [0.3, 0.4) is 0 Å². The van der Waals surface area contributed by atoms with E-state index in [0.29, 0.717) is 12.6 Å². The van der Waals surface area contributed by atoms with Gasteiger partial charge < -0.3 is 10.8 Å². The summed E-state index contributed by atoms with van der Waals surface area (Å²) >= 11 is 0. The molecule has 118 valence electrons. The summed E-state index contributed by atoms with van der Waals surface area (Å²) in [5, 5.41) is 9.52. The molecule has 0 spiro atoms. The normalized spacial score (nSPS) is 19.6. The lowest BCUT2D eigenvalue weighted by molar-refractivity contribution is 0.0664. The van der Waals surface area contributed by atoms with Gasteiger partial charge in [0.05, 0.1) is 12.6 Å². The van der Waals surface area contributed by atoms with Crippen LogP contribution in [0.4, 0.5) is 0 Å². The van der Waals surface area contributed by atoms with Gasteiger partial charge in [-0.2, -0.15) is 0 Å². The van der Waals surface area contributed by atoms with Crippen molar-refractivity contribution in [1.29, 1.82) is 0 Å². The standard InChI is InChI=1S/C17H29N3O/c1-2-16(18)17(14-7-6-10-19-13-14)20(11-12-21)15-8-4-3-5-9-15/h6-7,10,13,15-17,21H,2-5,8-9,11-12,18H2,1H3. The molecule has 2 unspecified atom stereocenters. The van der Waals surface area contributed by atoms with Gasteiger partial charge >= 0.3 is 0 Å². The zero-order valence-corrected chi connectivity index (χ0v) is 13.1. The van der Waals surface area contributed by atoms with Gasteiger partial charge in [0.15, 0.2) is 0 Å². The average Bonchev–Trinajstić information content (AvgIpc) is 2.56. The van der Waals surface area contributed by atoms with Crippen LogP contribution in [0.15, 0.2) is 24.5 Å². The molecule has 0 bridgehead atoms. The number of hydrogen-bond acceptors (Lipinski definition) is 4. The number of aromatic nitrogens is 1. The molecule has 1 aromatic rings. The molecular formula is C17H29N3O. The highest BCUT2D eigenvalue weighted by Gasteiger charge is 2.31. The van der Waals surface area contributed by atoms with Gasteiger partial charge in [0, 0.05) is 31.0 Å². The van der Waals surface area contributed by atoms with Crippen LogP contribution in [-0.2, 0) is 0 Å². The molecule has 2 atom stereocenters. The van der Waals surface area contributed by atoms with Crippen molar-refractivity contribution in [3.8, 4) is 0 Å². The second-order valence-electron chi connectivity index (χ2n) is 6.06. The van der Waals surface area contributed by atoms with Crippen LogP contribution >= 0.6 is 0 Å². The third-order valence-corrected chi connectivity index (χ3v) is 4.66. The monoisotopic (exact) mass is 291 g/mol. The van der Waals surface area contributed by atoms with E-state index in [2.05, 4.69) is 22.9 Å². The third-order valence-electron chi connectivity index (χ3n) is 4.66. The molecule has 4 nitrogen and oxygen atoms in total. The van der Waals surface area contributed by atoms with Crippen LogP contribution in [0.2, 0.25) is 0 Å². The molecule has 21 heavy (non-hydrogen) atoms. The number of nitrogens with zero attached hydrogens (tertiary/aromatic N) is 2. The molecule has 1 aliphatic rings. The van der Waals surface area contributed by atoms with Crippen LogP contribution in [0.5, 0.6) is 0 Å². The summed E-state index contributed by atoms with van der Waals surface area (Å²) in [7, 11) is 0. The Morgan fingerprint density at radius 2 is 2.14 bits per heavy atom. The molecule has 1 heterocycles. The molecule has 1 aliphatic carbocycles. The summed E-state index contributed by atoms with van der Waals surface area (Å²) in [6, 6.07) is 4.85. The minimum Gasteiger partial charge on any atom is -0.395 e. The number of nitrogens with two attached hydrogens (primary N) is 1. The van der Waals surface area contributed by atoms with Gasteiger partial charge in [-0.1, -0.05) is 32.3 Å². The Morgan fingerprint density at radius 3 is 2.71 bits per heavy atom. The second-order valence-corrected chi connectivity index (χ2v) is 6.06. The number of hydrogen-bond donors (Lipinski definition) is 2. The summed E-state index contributed by atoms with van der Waals surface area (Å²) in [6.45, 7) is 3.01. The first-order valence-corrected chi connectivity index (χ1v) is 8.30. The zero-order chi connectivity index (χ0) is 15.1. The Bertz CT molecular complexity index is 392. The van der Waals surface area contributed by atoms with Crippen LogP contribution in [0, 0.1) is 0 Å². The Kier molecular flexibility index (Phi) is 6.61. The molecule has 1 saturated carbocycles. The molecule has 0 aromatic carbocycles. The van der Waals surface area contributed by atoms with Gasteiger partial charge in [-0.25, -0.2) is 0 Å². The highest BCUT2D eigenvalue weighted by atomic mass is 16.3. The van der Waals surface area contributed by atoms with E-state index in [1.807, 2.05) is 12.3 Å². The quantitative estimate of drug-likeness (QED) is 0.810. The van der Waals surface area contributed by atoms with Crippen molar-refractivity contribution in [3.63, 3.8) is 0 Å². The average molecular weight is 291 g/mol. The van der Waals surface area contributed by atoms with E-state index in [4.69, 9.17) is 5.73 Å². The van der Waals surface area contributed by atoms with Crippen molar-refractivity contribution in [2.45, 2.75) is 63.6 Å². The molecule has 1 fully saturated rings. The lowest BCUT2D eigenvalue weighted by atomic mass is 9.89. The molecular weight excluding hydrogens is 262 g/mol. The van der Waals surface area contributed by atoms with E-state index >= 15 is 0 Å². The van der Waals surface area contributed by atoms with Crippen molar-refractivity contribution in [3.05, 3.63) is 30.1 Å². The molecule has 1 aromatic heterocycles. The van der Waals surface area contributed by atoms with Crippen LogP contribution < -0.4 is 5.73 Å². The topological polar surface area (TPSA) is 62.4 Å². The molecule has 0 aliphatic heterocycles. The zero-order valence-electron chi connectivity index (χ0n) is 13.1. The lowest BCUT2D eigenvalue weighted by Crippen LogP contribution is -2.48. The van der Waals surface area contributed by atoms with Gasteiger partial charge in [-0.15, -0.1) is 0 Å². The highest BCUT2D eigenvalue weighted by Crippen LogP contribution is 2.32. The molecule has 3 N–H and O–H groups in total. The van der Waals surface area contributed by atoms with E-state index in [9.17, 15) is 5.11 Å². The second kappa shape index (κ2) is 8.47. The van der Waals surface area contributed by atoms with Crippen molar-refractivity contribution in [2.24, 2.45) is 5.73 Å². The third kappa shape index (κ3) is 4.25. The van der Waals surface area contributed by atoms with Gasteiger partial charge in [0.2, 0.25) is 0 Å². The predicted molar refractivity (Wildman–Crippen MR) is 85.9 cm³/mol. The molecule has 4 heteroatoms. The van der Waals surface area contributed by atoms with Gasteiger partial charge in [-0.3, -0.25) is 9.88 Å². The maximum absolute atomic E-state index is 9.52. The number of aliphatic hydroxyl groups excluding tert-OH is 1. The van der Waals surface area contributed by atoms with Crippen LogP contribution in [0.1, 0.15) is 57.1 Å². The summed E-state index contributed by atoms with van der Waals surface area (Å²) < 4.78 is 0. The Morgan fingerprint density at radius 1 is 1.38 bits per heavy atom. The number of rotatable bonds is 7. The first-order chi connectivity index (χ1) is 10.3. The van der Waals surface area contributed by atoms with Gasteiger partial charge in [-0.05, 0) is 30.9 Å². The molecule has 0 radical (unpaired) electrons. The van der Waals surface area contributed by atoms with Gasteiger partial charge in [0.25, 0.3) is 0 Å². The summed E-state index contributed by atoms with van der Waals surface area (Å²) in [4.78, 5) is 6.70. The maximum Gasteiger partial charge on any atom is 0.0558 e. The van der Waals surface area contributed by atoms with E-state index in [1.165, 1.54) is 37.7 Å². The molecule has 2 rings (SSSR count). The number of pyridine rings is 1. The highest BCUT2D eigenvalue weighted by molar-refractivity contribution is 5.17. The van der Waals surface area contributed by atoms with E-state index in [1.54, 1.807) is 6.20 Å². The van der Waals surface area contributed by atoms with Crippen LogP contribution in [-0.4, -0.2) is 40.2 Å². The fourth-order valence-corrected chi connectivity index (χ4v) is 3.54. The lowest BCUT2D eigenvalue weighted by Gasteiger charge is -2.42. The SMILES string of the molecule is CCC(N)C(c1cccnc1)N(CCO)C1CCCCC1. The predicted octanol–water partition coefficient (Wildman–Crippen LogP) is 2.49. The Hall–Kier alpha value is -0.970. The summed E-state index contributed by atoms with van der Waals surface area (Å²) in [5.74, 6) is 0. The molecule has 0 saturated heterocycles. The largest absolute Gasteiger partial charge is 0.395 e. The van der Waals surface area contributed by atoms with E-state index in [-0.39, 0.29) is 18.7 Å². The molecule has 0 amide bonds. The van der Waals surface area contributed by atoms with E-state index < -0.39 is 0 Å². The Labute approximate surface area is 128 Å². The smallest absolute Gasteiger partial charge is 0.0558 e. The summed E-state index contributed by atoms with van der Waals surface area (Å²) in [5.41, 5.74) is 7.61. The Balaban J connectivity index is 2.25. The van der Waals surface area contributed by atoms with Crippen LogP contribution in [0.25, 0.3) is 0 Å². The number of aliphatic hydroxyl groups is 1. The van der Waals surface area contributed by atoms with Crippen molar-refractivity contribution >= 4 is 0 Å². The van der Waals surface area contributed by atoms with Crippen molar-refractivity contribution in [2.75, 3.05) is 13.2 Å². The van der Waals surface area contributed by atoms with E-state index in [0.717, 1.165) is 6.42 Å². The summed E-state index contributed by atoms with van der Waals surface area (Å²) in [6.07, 6.45) is 11.0. The first kappa shape index (κ1) is 16.4. The maximum atomic E-state index is 9.52. The fourth-order valence-electron chi connectivity index (χ4n) is 3.54. The van der Waals surface area contributed by atoms with Crippen molar-refractivity contribution < 1.29 is 5.11 Å². The minimum atomic E-state index is 0.0719. The minimum absolute atomic E-state index is 0.0719. The van der Waals surface area contributed by atoms with Crippen molar-refractivity contribution in [1.82, 2.24) is 9.88 Å².